The van der Waals surface area contributed by atoms with E-state index in [4.69, 9.17) is 14.7 Å². The minimum absolute atomic E-state index is 0.144. The van der Waals surface area contributed by atoms with E-state index in [-0.39, 0.29) is 12.2 Å². The van der Waals surface area contributed by atoms with Gasteiger partial charge in [-0.2, -0.15) is 5.26 Å². The van der Waals surface area contributed by atoms with Gasteiger partial charge >= 0.3 is 0 Å². The largest absolute Gasteiger partial charge is 0.489 e. The summed E-state index contributed by atoms with van der Waals surface area (Å²) in [5.74, 6) is 0.661. The maximum absolute atomic E-state index is 9.07. The van der Waals surface area contributed by atoms with Gasteiger partial charge in [-0.1, -0.05) is 15.9 Å². The molecule has 0 bridgehead atoms. The summed E-state index contributed by atoms with van der Waals surface area (Å²) in [5, 5.41) is 9.07. The zero-order chi connectivity index (χ0) is 13.0. The van der Waals surface area contributed by atoms with Crippen molar-refractivity contribution in [2.24, 2.45) is 0 Å². The van der Waals surface area contributed by atoms with Gasteiger partial charge in [-0.15, -0.1) is 0 Å². The molecule has 2 rings (SSSR count). The Kier molecular flexibility index (Phi) is 4.62. The minimum Gasteiger partial charge on any atom is -0.489 e. The first-order valence-electron chi connectivity index (χ1n) is 6.12. The quantitative estimate of drug-likeness (QED) is 0.855. The summed E-state index contributed by atoms with van der Waals surface area (Å²) < 4.78 is 12.3. The molecule has 1 aromatic carbocycles. The van der Waals surface area contributed by atoms with Crippen LogP contribution in [0.25, 0.3) is 0 Å². The Morgan fingerprint density at radius 2 is 2.11 bits per heavy atom. The van der Waals surface area contributed by atoms with E-state index in [1.165, 1.54) is 0 Å². The first-order chi connectivity index (χ1) is 8.72. The highest BCUT2D eigenvalue weighted by molar-refractivity contribution is 9.10. The summed E-state index contributed by atoms with van der Waals surface area (Å²) >= 11 is 3.40. The van der Waals surface area contributed by atoms with Crippen LogP contribution in [0, 0.1) is 11.3 Å². The van der Waals surface area contributed by atoms with E-state index in [0.717, 1.165) is 30.2 Å². The number of rotatable bonds is 3. The molecule has 0 amide bonds. The second-order valence-corrected chi connectivity index (χ2v) is 5.43. The van der Waals surface area contributed by atoms with E-state index in [1.807, 2.05) is 12.1 Å². The van der Waals surface area contributed by atoms with Crippen LogP contribution in [0.4, 0.5) is 0 Å². The van der Waals surface area contributed by atoms with Gasteiger partial charge in [0.05, 0.1) is 11.7 Å². The van der Waals surface area contributed by atoms with Crippen LogP contribution in [0.3, 0.4) is 0 Å². The van der Waals surface area contributed by atoms with Gasteiger partial charge in [0.25, 0.3) is 0 Å². The van der Waals surface area contributed by atoms with Gasteiger partial charge in [0.15, 0.2) is 0 Å². The summed E-state index contributed by atoms with van der Waals surface area (Å²) in [5.41, 5.74) is 0.581. The van der Waals surface area contributed by atoms with Crippen LogP contribution in [0.5, 0.6) is 5.75 Å². The molecule has 2 unspecified atom stereocenters. The maximum Gasteiger partial charge on any atom is 0.138 e. The normalized spacial score (nSPS) is 23.4. The fourth-order valence-electron chi connectivity index (χ4n) is 2.29. The molecule has 4 heteroatoms. The van der Waals surface area contributed by atoms with Crippen LogP contribution in [0.15, 0.2) is 22.7 Å². The zero-order valence-electron chi connectivity index (χ0n) is 10.4. The molecule has 1 aromatic rings. The molecule has 1 saturated carbocycles. The molecule has 0 N–H and O–H groups in total. The lowest BCUT2D eigenvalue weighted by atomic mass is 9.95. The van der Waals surface area contributed by atoms with Crippen molar-refractivity contribution >= 4 is 15.9 Å². The number of hydrogen-bond acceptors (Lipinski definition) is 3. The number of nitriles is 1. The predicted molar refractivity (Wildman–Crippen MR) is 72.5 cm³/mol. The number of benzene rings is 1. The third-order valence-electron chi connectivity index (χ3n) is 3.27. The molecular formula is C14H16BrNO2. The van der Waals surface area contributed by atoms with Gasteiger partial charge in [0.1, 0.15) is 17.9 Å². The summed E-state index contributed by atoms with van der Waals surface area (Å²) in [7, 11) is 1.74. The smallest absolute Gasteiger partial charge is 0.138 e. The van der Waals surface area contributed by atoms with Crippen LogP contribution in [0.2, 0.25) is 0 Å². The highest BCUT2D eigenvalue weighted by atomic mass is 79.9. The summed E-state index contributed by atoms with van der Waals surface area (Å²) in [6.45, 7) is 0. The second-order valence-electron chi connectivity index (χ2n) is 4.52. The molecule has 0 radical (unpaired) electrons. The van der Waals surface area contributed by atoms with Gasteiger partial charge in [-0.3, -0.25) is 0 Å². The third-order valence-corrected chi connectivity index (χ3v) is 3.76. The lowest BCUT2D eigenvalue weighted by Gasteiger charge is -2.29. The average Bonchev–Trinajstić information content (AvgIpc) is 2.39. The topological polar surface area (TPSA) is 42.2 Å². The Hall–Kier alpha value is -1.05. The van der Waals surface area contributed by atoms with Gasteiger partial charge in [0.2, 0.25) is 0 Å². The minimum atomic E-state index is 0.144. The number of methoxy groups -OCH3 is 1. The number of hydrogen-bond donors (Lipinski definition) is 0. The SMILES string of the molecule is COC1CCCC(Oc2cc(Br)ccc2C#N)C1. The molecule has 3 nitrogen and oxygen atoms in total. The fourth-order valence-corrected chi connectivity index (χ4v) is 2.63. The molecule has 0 aromatic heterocycles. The molecule has 1 aliphatic carbocycles. The molecule has 1 fully saturated rings. The molecule has 0 spiro atoms. The summed E-state index contributed by atoms with van der Waals surface area (Å²) in [6.07, 6.45) is 4.55. The van der Waals surface area contributed by atoms with Gasteiger partial charge in [-0.05, 0) is 37.5 Å². The molecule has 0 saturated heterocycles. The Morgan fingerprint density at radius 1 is 1.33 bits per heavy atom. The Bertz CT molecular complexity index is 456. The molecular weight excluding hydrogens is 294 g/mol. The standard InChI is InChI=1S/C14H16BrNO2/c1-17-12-3-2-4-13(8-12)18-14-7-11(15)6-5-10(14)9-16/h5-7,12-13H,2-4,8H2,1H3. The monoisotopic (exact) mass is 309 g/mol. The van der Waals surface area contributed by atoms with Gasteiger partial charge in [-0.25, -0.2) is 0 Å². The van der Waals surface area contributed by atoms with Crippen LogP contribution in [0.1, 0.15) is 31.2 Å². The van der Waals surface area contributed by atoms with Crippen molar-refractivity contribution < 1.29 is 9.47 Å². The number of nitrogens with zero attached hydrogens (tertiary/aromatic N) is 1. The predicted octanol–water partition coefficient (Wildman–Crippen LogP) is 3.66. The van der Waals surface area contributed by atoms with Gasteiger partial charge < -0.3 is 9.47 Å². The van der Waals surface area contributed by atoms with Crippen LogP contribution in [-0.4, -0.2) is 19.3 Å². The Balaban J connectivity index is 2.09. The number of halogens is 1. The first kappa shape index (κ1) is 13.4. The van der Waals surface area contributed by atoms with Crippen LogP contribution in [-0.2, 0) is 4.74 Å². The van der Waals surface area contributed by atoms with Crippen molar-refractivity contribution in [2.45, 2.75) is 37.9 Å². The highest BCUT2D eigenvalue weighted by Crippen LogP contribution is 2.29. The molecule has 2 atom stereocenters. The molecule has 96 valence electrons. The van der Waals surface area contributed by atoms with E-state index in [1.54, 1.807) is 13.2 Å². The lowest BCUT2D eigenvalue weighted by molar-refractivity contribution is 0.0208. The highest BCUT2D eigenvalue weighted by Gasteiger charge is 2.23. The van der Waals surface area contributed by atoms with E-state index in [2.05, 4.69) is 22.0 Å². The van der Waals surface area contributed by atoms with Crippen molar-refractivity contribution in [3.63, 3.8) is 0 Å². The maximum atomic E-state index is 9.07. The van der Waals surface area contributed by atoms with Crippen molar-refractivity contribution in [1.82, 2.24) is 0 Å². The van der Waals surface area contributed by atoms with Crippen molar-refractivity contribution in [3.8, 4) is 11.8 Å². The van der Waals surface area contributed by atoms with Crippen molar-refractivity contribution in [2.75, 3.05) is 7.11 Å². The summed E-state index contributed by atoms with van der Waals surface area (Å²) in [6, 6.07) is 7.64. The Morgan fingerprint density at radius 3 is 2.83 bits per heavy atom. The van der Waals surface area contributed by atoms with Crippen molar-refractivity contribution in [1.29, 1.82) is 5.26 Å². The number of ether oxygens (including phenoxy) is 2. The summed E-state index contributed by atoms with van der Waals surface area (Å²) in [4.78, 5) is 0. The lowest BCUT2D eigenvalue weighted by Crippen LogP contribution is -2.29. The molecule has 1 aliphatic rings. The third kappa shape index (κ3) is 3.24. The zero-order valence-corrected chi connectivity index (χ0v) is 11.9. The van der Waals surface area contributed by atoms with E-state index in [9.17, 15) is 0 Å². The van der Waals surface area contributed by atoms with E-state index < -0.39 is 0 Å². The van der Waals surface area contributed by atoms with Crippen LogP contribution >= 0.6 is 15.9 Å². The molecule has 0 aliphatic heterocycles. The Labute approximate surface area is 116 Å². The van der Waals surface area contributed by atoms with E-state index >= 15 is 0 Å². The van der Waals surface area contributed by atoms with Gasteiger partial charge in [0, 0.05) is 18.0 Å². The average molecular weight is 310 g/mol. The fraction of sp³-hybridized carbons (Fsp3) is 0.500. The van der Waals surface area contributed by atoms with E-state index in [0.29, 0.717) is 11.3 Å². The first-order valence-corrected chi connectivity index (χ1v) is 6.91. The second kappa shape index (κ2) is 6.21. The molecule has 0 heterocycles. The van der Waals surface area contributed by atoms with Crippen molar-refractivity contribution in [3.05, 3.63) is 28.2 Å². The molecule has 18 heavy (non-hydrogen) atoms. The van der Waals surface area contributed by atoms with Crippen LogP contribution < -0.4 is 4.74 Å².